The summed E-state index contributed by atoms with van der Waals surface area (Å²) in [7, 11) is 2.84. The fraction of sp³-hybridized carbons (Fsp3) is 0.275. The van der Waals surface area contributed by atoms with Gasteiger partial charge in [0.25, 0.3) is 0 Å². The van der Waals surface area contributed by atoms with Crippen LogP contribution in [0.15, 0.2) is 84.9 Å². The zero-order valence-electron chi connectivity index (χ0n) is 29.8. The maximum absolute atomic E-state index is 14.7. The minimum Gasteiger partial charge on any atom is -0.505 e. The molecule has 4 amide bonds. The Balaban J connectivity index is 1.30. The second-order valence-electron chi connectivity index (χ2n) is 14.3. The van der Waals surface area contributed by atoms with Gasteiger partial charge < -0.3 is 31.3 Å². The van der Waals surface area contributed by atoms with Crippen molar-refractivity contribution in [3.63, 3.8) is 0 Å². The van der Waals surface area contributed by atoms with E-state index in [-0.39, 0.29) is 16.8 Å². The Morgan fingerprint density at radius 3 is 2.16 bits per heavy atom. The number of hydrogen-bond acceptors (Lipinski definition) is 11. The van der Waals surface area contributed by atoms with Gasteiger partial charge in [-0.25, -0.2) is 9.59 Å². The smallest absolute Gasteiger partial charge is 0.411 e. The number of phenols is 1. The van der Waals surface area contributed by atoms with Crippen molar-refractivity contribution in [2.45, 2.75) is 30.6 Å². The summed E-state index contributed by atoms with van der Waals surface area (Å²) >= 11 is 0. The Labute approximate surface area is 313 Å². The predicted molar refractivity (Wildman–Crippen MR) is 198 cm³/mol. The van der Waals surface area contributed by atoms with Crippen LogP contribution in [0.25, 0.3) is 10.8 Å². The molecule has 0 aromatic heterocycles. The number of primary amides is 1. The summed E-state index contributed by atoms with van der Waals surface area (Å²) in [6.45, 7) is 1.61. The molecule has 2 saturated carbocycles. The van der Waals surface area contributed by atoms with Crippen molar-refractivity contribution in [2.75, 3.05) is 30.0 Å². The highest BCUT2D eigenvalue weighted by Crippen LogP contribution is 2.56. The highest BCUT2D eigenvalue weighted by molar-refractivity contribution is 6.32. The standard InChI is InChI=1S/C40H37N5O10/c1-18-21-16-17-24(44-38(52)43-23-15-9-11-19-10-7-8-14-22(19)23)31(46)26(21)32(47)27-25(18)34(55-39(53)42-20-12-5-4-6-13-20)29-30(45(2)3)33(48)28(37(41)51)36(50)40(29,54)35(27)49/h4-18,25,27-30,34,46,54H,1-3H3,(H2,41,51)(H,42,53)(H2,43,44,52)/t18-,25+,27?,28?,29+,30-,34-,40-/m1/s1. The predicted octanol–water partition coefficient (Wildman–Crippen LogP) is 3.45. The minimum absolute atomic E-state index is 0.189. The maximum Gasteiger partial charge on any atom is 0.411 e. The molecule has 282 valence electrons. The first-order valence-corrected chi connectivity index (χ1v) is 17.5. The van der Waals surface area contributed by atoms with E-state index in [1.54, 1.807) is 49.4 Å². The summed E-state index contributed by atoms with van der Waals surface area (Å²) in [5.41, 5.74) is 2.71. The number of Topliss-reactive ketones (excluding diaryl/α,β-unsaturated/α-hetero) is 4. The lowest BCUT2D eigenvalue weighted by molar-refractivity contribution is -0.196. The van der Waals surface area contributed by atoms with E-state index >= 15 is 0 Å². The third-order valence-electron chi connectivity index (χ3n) is 11.0. The Kier molecular flexibility index (Phi) is 9.23. The number of fused-ring (bicyclic) bond motifs is 4. The van der Waals surface area contributed by atoms with Crippen molar-refractivity contribution in [3.05, 3.63) is 96.1 Å². The van der Waals surface area contributed by atoms with Crippen LogP contribution in [0.3, 0.4) is 0 Å². The van der Waals surface area contributed by atoms with Gasteiger partial charge in [-0.05, 0) is 55.2 Å². The molecule has 55 heavy (non-hydrogen) atoms. The van der Waals surface area contributed by atoms with Crippen LogP contribution in [0.4, 0.5) is 26.7 Å². The fourth-order valence-corrected chi connectivity index (χ4v) is 8.61. The number of nitrogens with two attached hydrogens (primary N) is 1. The van der Waals surface area contributed by atoms with Crippen LogP contribution in [-0.4, -0.2) is 88.1 Å². The molecule has 0 spiro atoms. The molecular weight excluding hydrogens is 710 g/mol. The van der Waals surface area contributed by atoms with Gasteiger partial charge in [0, 0.05) is 17.0 Å². The highest BCUT2D eigenvalue weighted by atomic mass is 16.6. The number of phenolic OH excluding ortho intramolecular Hbond substituents is 1. The van der Waals surface area contributed by atoms with Crippen LogP contribution in [0.5, 0.6) is 5.75 Å². The summed E-state index contributed by atoms with van der Waals surface area (Å²) < 4.78 is 5.96. The van der Waals surface area contributed by atoms with Crippen molar-refractivity contribution >= 4 is 69.0 Å². The topological polar surface area (TPSA) is 235 Å². The lowest BCUT2D eigenvalue weighted by Gasteiger charge is -2.56. The first-order valence-electron chi connectivity index (χ1n) is 17.5. The number of nitrogens with zero attached hydrogens (tertiary/aromatic N) is 1. The summed E-state index contributed by atoms with van der Waals surface area (Å²) in [5, 5.41) is 33.3. The van der Waals surface area contributed by atoms with Crippen LogP contribution in [-0.2, 0) is 23.9 Å². The highest BCUT2D eigenvalue weighted by Gasteiger charge is 2.74. The van der Waals surface area contributed by atoms with Gasteiger partial charge in [0.05, 0.1) is 34.8 Å². The number of hydrogen-bond donors (Lipinski definition) is 6. The van der Waals surface area contributed by atoms with E-state index in [0.29, 0.717) is 11.4 Å². The Bertz CT molecular complexity index is 2310. The van der Waals surface area contributed by atoms with Crippen molar-refractivity contribution in [2.24, 2.45) is 29.4 Å². The van der Waals surface area contributed by atoms with Crippen LogP contribution in [0, 0.1) is 23.7 Å². The molecule has 4 aromatic carbocycles. The molecule has 15 heteroatoms. The van der Waals surface area contributed by atoms with Crippen LogP contribution < -0.4 is 21.7 Å². The second-order valence-corrected chi connectivity index (χ2v) is 14.3. The van der Waals surface area contributed by atoms with Crippen molar-refractivity contribution < 1.29 is 48.5 Å². The van der Waals surface area contributed by atoms with E-state index in [4.69, 9.17) is 10.5 Å². The van der Waals surface area contributed by atoms with Gasteiger partial charge in [0.2, 0.25) is 5.91 Å². The molecule has 7 rings (SSSR count). The van der Waals surface area contributed by atoms with Crippen molar-refractivity contribution in [1.29, 1.82) is 0 Å². The number of para-hydroxylation sites is 1. The molecule has 2 unspecified atom stereocenters. The number of anilines is 3. The number of aromatic hydroxyl groups is 1. The SMILES string of the molecule is C[C@@H]1c2ccc(NC(=O)Nc3cccc4ccccc34)c(O)c2C(=O)C2C(=O)[C@@]3(O)C(=O)C(C(N)=O)C(=O)[C@H](N(C)C)[C@H]3[C@H](OC(=O)Nc3ccccc3)[C@H]21. The summed E-state index contributed by atoms with van der Waals surface area (Å²) in [4.78, 5) is 97.7. The third kappa shape index (κ3) is 5.88. The molecule has 7 N–H and O–H groups in total. The number of benzene rings is 4. The number of carbonyl (C=O) groups excluding carboxylic acids is 7. The molecule has 3 aliphatic rings. The molecule has 0 bridgehead atoms. The zero-order chi connectivity index (χ0) is 39.5. The van der Waals surface area contributed by atoms with Crippen LogP contribution >= 0.6 is 0 Å². The van der Waals surface area contributed by atoms with Gasteiger partial charge in [-0.3, -0.25) is 34.2 Å². The average molecular weight is 748 g/mol. The van der Waals surface area contributed by atoms with Crippen LogP contribution in [0.2, 0.25) is 0 Å². The Morgan fingerprint density at radius 1 is 0.818 bits per heavy atom. The molecular formula is C40H37N5O10. The van der Waals surface area contributed by atoms with E-state index < -0.39 is 94.3 Å². The second kappa shape index (κ2) is 13.8. The van der Waals surface area contributed by atoms with E-state index in [0.717, 1.165) is 10.8 Å². The number of ketones is 4. The normalized spacial score (nSPS) is 27.1. The first kappa shape index (κ1) is 36.9. The minimum atomic E-state index is -3.21. The summed E-state index contributed by atoms with van der Waals surface area (Å²) in [6, 6.07) is 21.3. The Hall–Kier alpha value is -6.45. The number of nitrogens with one attached hydrogen (secondary N) is 3. The quantitative estimate of drug-likeness (QED) is 0.123. The maximum atomic E-state index is 14.7. The van der Waals surface area contributed by atoms with Gasteiger partial charge in [-0.15, -0.1) is 0 Å². The van der Waals surface area contributed by atoms with Crippen molar-refractivity contribution in [3.8, 4) is 5.75 Å². The number of urea groups is 1. The van der Waals surface area contributed by atoms with Gasteiger partial charge in [-0.1, -0.05) is 67.6 Å². The number of aliphatic hydroxyl groups is 1. The molecule has 2 fully saturated rings. The lowest BCUT2D eigenvalue weighted by atomic mass is 9.49. The molecule has 8 atom stereocenters. The Morgan fingerprint density at radius 2 is 1.47 bits per heavy atom. The molecule has 3 aliphatic carbocycles. The molecule has 0 radical (unpaired) electrons. The van der Waals surface area contributed by atoms with Gasteiger partial charge in [-0.2, -0.15) is 0 Å². The summed E-state index contributed by atoms with van der Waals surface area (Å²) in [5.74, 6) is -15.1. The summed E-state index contributed by atoms with van der Waals surface area (Å²) in [6.07, 6.45) is -2.74. The number of carbonyl (C=O) groups is 7. The number of likely N-dealkylation sites (N-methyl/N-ethyl adjacent to an activating group) is 1. The van der Waals surface area contributed by atoms with E-state index in [2.05, 4.69) is 16.0 Å². The molecule has 4 aromatic rings. The lowest BCUT2D eigenvalue weighted by Crippen LogP contribution is -2.78. The monoisotopic (exact) mass is 747 g/mol. The van der Waals surface area contributed by atoms with E-state index in [1.165, 1.54) is 31.1 Å². The first-order chi connectivity index (χ1) is 26.2. The molecule has 0 saturated heterocycles. The number of ether oxygens (including phenoxy) is 1. The van der Waals surface area contributed by atoms with Crippen molar-refractivity contribution in [1.82, 2.24) is 4.90 Å². The zero-order valence-corrected chi connectivity index (χ0v) is 29.8. The van der Waals surface area contributed by atoms with Gasteiger partial charge in [0.15, 0.2) is 34.7 Å². The number of rotatable bonds is 6. The van der Waals surface area contributed by atoms with E-state index in [1.807, 2.05) is 30.3 Å². The molecule has 0 heterocycles. The fourth-order valence-electron chi connectivity index (χ4n) is 8.61. The molecule has 0 aliphatic heterocycles. The van der Waals surface area contributed by atoms with Crippen LogP contribution in [0.1, 0.15) is 28.8 Å². The average Bonchev–Trinajstić information content (AvgIpc) is 3.14. The third-order valence-corrected chi connectivity index (χ3v) is 11.0. The molecule has 15 nitrogen and oxygen atoms in total. The van der Waals surface area contributed by atoms with E-state index in [9.17, 15) is 43.8 Å². The number of amides is 4. The largest absolute Gasteiger partial charge is 0.505 e. The van der Waals surface area contributed by atoms with Gasteiger partial charge in [0.1, 0.15) is 11.9 Å². The van der Waals surface area contributed by atoms with Gasteiger partial charge >= 0.3 is 12.1 Å².